The summed E-state index contributed by atoms with van der Waals surface area (Å²) in [7, 11) is -3.81. The number of nitrogens with two attached hydrogens (primary N) is 1. The smallest absolute Gasteiger partial charge is 0.244 e. The summed E-state index contributed by atoms with van der Waals surface area (Å²) in [6.45, 7) is 5.85. The topological polar surface area (TPSA) is 127 Å². The fourth-order valence-corrected chi connectivity index (χ4v) is 2.98. The highest BCUT2D eigenvalue weighted by molar-refractivity contribution is 7.89. The van der Waals surface area contributed by atoms with E-state index >= 15 is 0 Å². The van der Waals surface area contributed by atoms with Crippen LogP contribution in [0, 0.1) is 0 Å². The van der Waals surface area contributed by atoms with E-state index in [4.69, 9.17) is 5.73 Å². The van der Waals surface area contributed by atoms with Crippen molar-refractivity contribution >= 4 is 21.9 Å². The summed E-state index contributed by atoms with van der Waals surface area (Å²) in [4.78, 5) is 18.8. The molecule has 0 saturated carbocycles. The summed E-state index contributed by atoms with van der Waals surface area (Å²) in [5, 5.41) is 2.95. The molecule has 4 N–H and O–H groups in total. The lowest BCUT2D eigenvalue weighted by molar-refractivity contribution is -0.119. The Labute approximate surface area is 124 Å². The van der Waals surface area contributed by atoms with Gasteiger partial charge in [-0.05, 0) is 20.3 Å². The van der Waals surface area contributed by atoms with Gasteiger partial charge in [0.1, 0.15) is 4.90 Å². The zero-order chi connectivity index (χ0) is 16.1. The average Bonchev–Trinajstić information content (AvgIpc) is 2.33. The average molecular weight is 315 g/mol. The Balaban J connectivity index is 2.85. The van der Waals surface area contributed by atoms with E-state index in [0.29, 0.717) is 12.5 Å². The second kappa shape index (κ2) is 6.81. The van der Waals surface area contributed by atoms with Crippen LogP contribution in [0.15, 0.2) is 17.3 Å². The Morgan fingerprint density at radius 3 is 2.38 bits per heavy atom. The van der Waals surface area contributed by atoms with E-state index < -0.39 is 21.5 Å². The van der Waals surface area contributed by atoms with Gasteiger partial charge in [0.15, 0.2) is 0 Å². The van der Waals surface area contributed by atoms with Crippen molar-refractivity contribution in [2.45, 2.75) is 44.0 Å². The van der Waals surface area contributed by atoms with Gasteiger partial charge in [-0.3, -0.25) is 4.79 Å². The summed E-state index contributed by atoms with van der Waals surface area (Å²) in [5.41, 5.74) is 4.11. The van der Waals surface area contributed by atoms with E-state index in [0.717, 1.165) is 6.42 Å². The molecule has 1 heterocycles. The summed E-state index contributed by atoms with van der Waals surface area (Å²) in [6.07, 6.45) is 3.23. The number of nitrogens with one attached hydrogen (secondary N) is 2. The normalized spacial score (nSPS) is 12.1. The number of carbonyl (C=O) groups is 1. The number of rotatable bonds is 8. The van der Waals surface area contributed by atoms with Gasteiger partial charge < -0.3 is 11.1 Å². The lowest BCUT2D eigenvalue weighted by Gasteiger charge is -2.24. The Morgan fingerprint density at radius 2 is 1.90 bits per heavy atom. The van der Waals surface area contributed by atoms with Crippen LogP contribution >= 0.6 is 0 Å². The molecule has 0 aromatic carbocycles. The van der Waals surface area contributed by atoms with Gasteiger partial charge in [0.25, 0.3) is 0 Å². The van der Waals surface area contributed by atoms with Crippen molar-refractivity contribution in [2.75, 3.05) is 11.9 Å². The lowest BCUT2D eigenvalue weighted by atomic mass is 10.0. The summed E-state index contributed by atoms with van der Waals surface area (Å²) in [6, 6.07) is 0. The highest BCUT2D eigenvalue weighted by Crippen LogP contribution is 2.15. The predicted molar refractivity (Wildman–Crippen MR) is 79.0 cm³/mol. The van der Waals surface area contributed by atoms with Crippen LogP contribution in [0.25, 0.3) is 0 Å². The minimum atomic E-state index is -3.81. The first-order valence-corrected chi connectivity index (χ1v) is 8.03. The fourth-order valence-electron chi connectivity index (χ4n) is 1.68. The lowest BCUT2D eigenvalue weighted by Crippen LogP contribution is -2.45. The van der Waals surface area contributed by atoms with Gasteiger partial charge in [-0.15, -0.1) is 0 Å². The molecule has 0 fully saturated rings. The maximum absolute atomic E-state index is 12.2. The number of hydrogen-bond acceptors (Lipinski definition) is 6. The van der Waals surface area contributed by atoms with Gasteiger partial charge in [0.2, 0.25) is 21.9 Å². The largest absolute Gasteiger partial charge is 0.370 e. The number of aromatic nitrogens is 2. The molecule has 1 rings (SSSR count). The van der Waals surface area contributed by atoms with Crippen molar-refractivity contribution in [2.24, 2.45) is 5.73 Å². The van der Waals surface area contributed by atoms with Crippen molar-refractivity contribution < 1.29 is 13.2 Å². The first kappa shape index (κ1) is 17.3. The number of nitrogens with zero attached hydrogens (tertiary/aromatic N) is 2. The molecule has 9 heteroatoms. The second-order valence-corrected chi connectivity index (χ2v) is 6.98. The Hall–Kier alpha value is -1.74. The molecule has 0 aliphatic heterocycles. The summed E-state index contributed by atoms with van der Waals surface area (Å²) >= 11 is 0. The van der Waals surface area contributed by atoms with E-state index in [2.05, 4.69) is 20.0 Å². The molecule has 0 bridgehead atoms. The summed E-state index contributed by atoms with van der Waals surface area (Å²) < 4.78 is 26.8. The minimum absolute atomic E-state index is 0.0675. The van der Waals surface area contributed by atoms with Gasteiger partial charge in [0.05, 0.1) is 12.4 Å². The van der Waals surface area contributed by atoms with Crippen LogP contribution in [-0.4, -0.2) is 36.4 Å². The third-order valence-corrected chi connectivity index (χ3v) is 4.15. The molecule has 0 aliphatic rings. The van der Waals surface area contributed by atoms with Crippen molar-refractivity contribution in [1.82, 2.24) is 14.7 Å². The Morgan fingerprint density at radius 1 is 1.33 bits per heavy atom. The Kier molecular flexibility index (Phi) is 5.62. The molecule has 1 aromatic heterocycles. The van der Waals surface area contributed by atoms with Crippen LogP contribution in [0.5, 0.6) is 0 Å². The standard InChI is InChI=1S/C12H21N5O3S/c1-4-5-14-11-15-7-9(8-16-11)21(19,20)17-12(2,3)6-10(13)18/h7-8,17H,4-6H2,1-3H3,(H2,13,18)(H,14,15,16). The maximum atomic E-state index is 12.2. The third kappa shape index (κ3) is 5.64. The van der Waals surface area contributed by atoms with E-state index in [-0.39, 0.29) is 11.3 Å². The van der Waals surface area contributed by atoms with Gasteiger partial charge in [-0.1, -0.05) is 6.92 Å². The predicted octanol–water partition coefficient (Wildman–Crippen LogP) is 0.231. The molecule has 0 radical (unpaired) electrons. The number of amides is 1. The van der Waals surface area contributed by atoms with Crippen LogP contribution in [0.3, 0.4) is 0 Å². The number of anilines is 1. The van der Waals surface area contributed by atoms with Crippen LogP contribution in [-0.2, 0) is 14.8 Å². The second-order valence-electron chi connectivity index (χ2n) is 5.30. The zero-order valence-electron chi connectivity index (χ0n) is 12.4. The van der Waals surface area contributed by atoms with E-state index in [1.807, 2.05) is 6.92 Å². The van der Waals surface area contributed by atoms with E-state index in [1.165, 1.54) is 12.4 Å². The van der Waals surface area contributed by atoms with Crippen LogP contribution < -0.4 is 15.8 Å². The van der Waals surface area contributed by atoms with Gasteiger partial charge >= 0.3 is 0 Å². The number of hydrogen-bond donors (Lipinski definition) is 3. The number of carbonyl (C=O) groups excluding carboxylic acids is 1. The van der Waals surface area contributed by atoms with Crippen molar-refractivity contribution in [3.05, 3.63) is 12.4 Å². The molecule has 118 valence electrons. The molecule has 1 aromatic rings. The highest BCUT2D eigenvalue weighted by Gasteiger charge is 2.28. The minimum Gasteiger partial charge on any atom is -0.370 e. The fraction of sp³-hybridized carbons (Fsp3) is 0.583. The van der Waals surface area contributed by atoms with Crippen molar-refractivity contribution in [1.29, 1.82) is 0 Å². The Bertz CT molecular complexity index is 583. The van der Waals surface area contributed by atoms with Gasteiger partial charge in [-0.25, -0.2) is 23.1 Å². The van der Waals surface area contributed by atoms with Crippen LogP contribution in [0.4, 0.5) is 5.95 Å². The van der Waals surface area contributed by atoms with Crippen LogP contribution in [0.2, 0.25) is 0 Å². The third-order valence-electron chi connectivity index (χ3n) is 2.50. The van der Waals surface area contributed by atoms with Gasteiger partial charge in [-0.2, -0.15) is 0 Å². The first-order valence-electron chi connectivity index (χ1n) is 6.54. The van der Waals surface area contributed by atoms with Crippen molar-refractivity contribution in [3.8, 4) is 0 Å². The number of sulfonamides is 1. The van der Waals surface area contributed by atoms with Crippen molar-refractivity contribution in [3.63, 3.8) is 0 Å². The van der Waals surface area contributed by atoms with Gasteiger partial charge in [0, 0.05) is 18.5 Å². The molecule has 0 spiro atoms. The number of primary amides is 1. The molecule has 1 amide bonds. The maximum Gasteiger partial charge on any atom is 0.244 e. The summed E-state index contributed by atoms with van der Waals surface area (Å²) in [5.74, 6) is -0.217. The SMILES string of the molecule is CCCNc1ncc(S(=O)(=O)NC(C)(C)CC(N)=O)cn1. The molecular formula is C12H21N5O3S. The van der Waals surface area contributed by atoms with E-state index in [1.54, 1.807) is 13.8 Å². The molecule has 0 unspecified atom stereocenters. The molecule has 8 nitrogen and oxygen atoms in total. The molecule has 0 atom stereocenters. The molecule has 0 saturated heterocycles. The first-order chi connectivity index (χ1) is 9.66. The quantitative estimate of drug-likeness (QED) is 0.630. The monoisotopic (exact) mass is 315 g/mol. The highest BCUT2D eigenvalue weighted by atomic mass is 32.2. The van der Waals surface area contributed by atoms with E-state index in [9.17, 15) is 13.2 Å². The zero-order valence-corrected chi connectivity index (χ0v) is 13.2. The van der Waals surface area contributed by atoms with Crippen LogP contribution in [0.1, 0.15) is 33.6 Å². The molecule has 21 heavy (non-hydrogen) atoms. The molecular weight excluding hydrogens is 294 g/mol. The molecule has 0 aliphatic carbocycles.